The molecule has 1 N–H and O–H groups in total. The molecule has 0 bridgehead atoms. The highest BCUT2D eigenvalue weighted by Crippen LogP contribution is 2.28. The van der Waals surface area contributed by atoms with Crippen molar-refractivity contribution in [3.8, 4) is 11.5 Å². The van der Waals surface area contributed by atoms with Crippen molar-refractivity contribution >= 4 is 16.8 Å². The number of unbranched alkanes of at least 4 members (excludes halogenated alkanes) is 1. The number of carbonyl (C=O) groups is 1. The number of methoxy groups -OCH3 is 2. The summed E-state index contributed by atoms with van der Waals surface area (Å²) in [6, 6.07) is 12.9. The van der Waals surface area contributed by atoms with Gasteiger partial charge in [-0.1, -0.05) is 31.5 Å². The molecule has 6 nitrogen and oxygen atoms in total. The van der Waals surface area contributed by atoms with Gasteiger partial charge in [0.1, 0.15) is 0 Å². The zero-order valence-corrected chi connectivity index (χ0v) is 18.0. The number of carbonyl (C=O) groups excluding carboxylic acids is 1. The van der Waals surface area contributed by atoms with Gasteiger partial charge in [0.2, 0.25) is 0 Å². The van der Waals surface area contributed by atoms with Crippen LogP contribution in [0.1, 0.15) is 41.3 Å². The SMILES string of the molecule is CCCCN(Cc1cc2cccc(C)c2[nH]c1=O)C(=O)c1ccc(OC)c(OC)c1. The van der Waals surface area contributed by atoms with Crippen LogP contribution in [0, 0.1) is 6.92 Å². The smallest absolute Gasteiger partial charge is 0.254 e. The molecule has 0 saturated carbocycles. The molecule has 0 aliphatic heterocycles. The van der Waals surface area contributed by atoms with Crippen LogP contribution in [0.25, 0.3) is 10.9 Å². The lowest BCUT2D eigenvalue weighted by atomic mass is 10.1. The second-order valence-electron chi connectivity index (χ2n) is 7.31. The maximum absolute atomic E-state index is 13.3. The molecule has 0 saturated heterocycles. The molecule has 6 heteroatoms. The van der Waals surface area contributed by atoms with Crippen molar-refractivity contribution in [2.75, 3.05) is 20.8 Å². The Labute approximate surface area is 176 Å². The summed E-state index contributed by atoms with van der Waals surface area (Å²) < 4.78 is 10.6. The molecule has 2 aromatic carbocycles. The number of H-pyrrole nitrogens is 1. The van der Waals surface area contributed by atoms with Crippen molar-refractivity contribution < 1.29 is 14.3 Å². The first-order valence-corrected chi connectivity index (χ1v) is 10.1. The molecule has 3 rings (SSSR count). The van der Waals surface area contributed by atoms with E-state index < -0.39 is 0 Å². The van der Waals surface area contributed by atoms with Crippen molar-refractivity contribution in [2.45, 2.75) is 33.2 Å². The van der Waals surface area contributed by atoms with Crippen LogP contribution < -0.4 is 15.0 Å². The normalized spacial score (nSPS) is 10.8. The summed E-state index contributed by atoms with van der Waals surface area (Å²) in [4.78, 5) is 30.7. The van der Waals surface area contributed by atoms with Gasteiger partial charge in [0.15, 0.2) is 11.5 Å². The van der Waals surface area contributed by atoms with Gasteiger partial charge in [0.05, 0.1) is 26.3 Å². The van der Waals surface area contributed by atoms with Crippen LogP contribution in [0.15, 0.2) is 47.3 Å². The van der Waals surface area contributed by atoms with Crippen molar-refractivity contribution in [2.24, 2.45) is 0 Å². The zero-order valence-electron chi connectivity index (χ0n) is 18.0. The third-order valence-corrected chi connectivity index (χ3v) is 5.23. The molecular weight excluding hydrogens is 380 g/mol. The largest absolute Gasteiger partial charge is 0.493 e. The Balaban J connectivity index is 1.95. The highest BCUT2D eigenvalue weighted by Gasteiger charge is 2.19. The van der Waals surface area contributed by atoms with Gasteiger partial charge in [0.25, 0.3) is 11.5 Å². The number of rotatable bonds is 8. The number of aromatic nitrogens is 1. The molecule has 30 heavy (non-hydrogen) atoms. The van der Waals surface area contributed by atoms with E-state index in [2.05, 4.69) is 11.9 Å². The van der Waals surface area contributed by atoms with E-state index >= 15 is 0 Å². The first-order chi connectivity index (χ1) is 14.5. The van der Waals surface area contributed by atoms with Gasteiger partial charge >= 0.3 is 0 Å². The maximum Gasteiger partial charge on any atom is 0.254 e. The number of benzene rings is 2. The highest BCUT2D eigenvalue weighted by molar-refractivity contribution is 5.95. The Kier molecular flexibility index (Phi) is 6.77. The van der Waals surface area contributed by atoms with E-state index in [9.17, 15) is 9.59 Å². The number of fused-ring (bicyclic) bond motifs is 1. The summed E-state index contributed by atoms with van der Waals surface area (Å²) in [5.41, 5.74) is 2.74. The number of aryl methyl sites for hydroxylation is 1. The van der Waals surface area contributed by atoms with Crippen LogP contribution in [-0.2, 0) is 6.54 Å². The Morgan fingerprint density at radius 1 is 1.07 bits per heavy atom. The molecule has 158 valence electrons. The first kappa shape index (κ1) is 21.4. The number of pyridine rings is 1. The lowest BCUT2D eigenvalue weighted by molar-refractivity contribution is 0.0740. The van der Waals surface area contributed by atoms with E-state index in [1.165, 1.54) is 7.11 Å². The van der Waals surface area contributed by atoms with Crippen LogP contribution in [0.5, 0.6) is 11.5 Å². The fourth-order valence-electron chi connectivity index (χ4n) is 3.50. The third kappa shape index (κ3) is 4.48. The Hall–Kier alpha value is -3.28. The van der Waals surface area contributed by atoms with Gasteiger partial charge in [-0.3, -0.25) is 9.59 Å². The van der Waals surface area contributed by atoms with Crippen molar-refractivity contribution in [1.29, 1.82) is 0 Å². The van der Waals surface area contributed by atoms with E-state index in [-0.39, 0.29) is 18.0 Å². The Bertz CT molecular complexity index is 1100. The Morgan fingerprint density at radius 2 is 1.83 bits per heavy atom. The number of para-hydroxylation sites is 1. The molecule has 1 amide bonds. The second-order valence-corrected chi connectivity index (χ2v) is 7.31. The summed E-state index contributed by atoms with van der Waals surface area (Å²) in [5, 5.41) is 0.957. The minimum absolute atomic E-state index is 0.145. The number of aromatic amines is 1. The minimum Gasteiger partial charge on any atom is -0.493 e. The highest BCUT2D eigenvalue weighted by atomic mass is 16.5. The number of hydrogen-bond donors (Lipinski definition) is 1. The van der Waals surface area contributed by atoms with E-state index in [0.29, 0.717) is 29.2 Å². The molecule has 1 heterocycles. The number of nitrogens with one attached hydrogen (secondary N) is 1. The summed E-state index contributed by atoms with van der Waals surface area (Å²) in [7, 11) is 3.10. The lowest BCUT2D eigenvalue weighted by Gasteiger charge is -2.23. The fourth-order valence-corrected chi connectivity index (χ4v) is 3.50. The van der Waals surface area contributed by atoms with Gasteiger partial charge in [-0.2, -0.15) is 0 Å². The molecule has 0 atom stereocenters. The van der Waals surface area contributed by atoms with Crippen LogP contribution in [0.2, 0.25) is 0 Å². The van der Waals surface area contributed by atoms with Crippen LogP contribution >= 0.6 is 0 Å². The predicted molar refractivity (Wildman–Crippen MR) is 119 cm³/mol. The minimum atomic E-state index is -0.168. The molecule has 0 unspecified atom stereocenters. The van der Waals surface area contributed by atoms with Gasteiger partial charge in [-0.15, -0.1) is 0 Å². The molecule has 3 aromatic rings. The predicted octanol–water partition coefficient (Wildman–Crippen LogP) is 4.30. The van der Waals surface area contributed by atoms with Crippen molar-refractivity contribution in [1.82, 2.24) is 9.88 Å². The van der Waals surface area contributed by atoms with Crippen molar-refractivity contribution in [3.63, 3.8) is 0 Å². The van der Waals surface area contributed by atoms with E-state index in [1.54, 1.807) is 30.2 Å². The molecule has 0 radical (unpaired) electrons. The molecule has 0 spiro atoms. The number of amides is 1. The third-order valence-electron chi connectivity index (χ3n) is 5.23. The van der Waals surface area contributed by atoms with Gasteiger partial charge in [-0.05, 0) is 48.6 Å². The number of ether oxygens (including phenoxy) is 2. The standard InChI is InChI=1S/C24H28N2O4/c1-5-6-12-26(24(28)18-10-11-20(29-3)21(14-18)30-4)15-19-13-17-9-7-8-16(2)22(17)25-23(19)27/h7-11,13-14H,5-6,12,15H2,1-4H3,(H,25,27). The van der Waals surface area contributed by atoms with Crippen LogP contribution in [-0.4, -0.2) is 36.6 Å². The van der Waals surface area contributed by atoms with Crippen LogP contribution in [0.4, 0.5) is 0 Å². The molecule has 0 fully saturated rings. The van der Waals surface area contributed by atoms with Crippen LogP contribution in [0.3, 0.4) is 0 Å². The maximum atomic E-state index is 13.3. The molecule has 0 aliphatic carbocycles. The zero-order chi connectivity index (χ0) is 21.7. The van der Waals surface area contributed by atoms with E-state index in [0.717, 1.165) is 29.3 Å². The Morgan fingerprint density at radius 3 is 2.53 bits per heavy atom. The van der Waals surface area contributed by atoms with E-state index in [1.807, 2.05) is 31.2 Å². The fraction of sp³-hybridized carbons (Fsp3) is 0.333. The molecular formula is C24H28N2O4. The van der Waals surface area contributed by atoms with Gasteiger partial charge in [0, 0.05) is 17.7 Å². The average Bonchev–Trinajstić information content (AvgIpc) is 2.76. The van der Waals surface area contributed by atoms with Gasteiger partial charge in [-0.25, -0.2) is 0 Å². The van der Waals surface area contributed by atoms with E-state index in [4.69, 9.17) is 9.47 Å². The average molecular weight is 408 g/mol. The first-order valence-electron chi connectivity index (χ1n) is 10.1. The summed E-state index contributed by atoms with van der Waals surface area (Å²) in [6.07, 6.45) is 1.80. The lowest BCUT2D eigenvalue weighted by Crippen LogP contribution is -2.33. The number of hydrogen-bond acceptors (Lipinski definition) is 4. The topological polar surface area (TPSA) is 71.6 Å². The quantitative estimate of drug-likeness (QED) is 0.603. The summed E-state index contributed by atoms with van der Waals surface area (Å²) >= 11 is 0. The second kappa shape index (κ2) is 9.48. The summed E-state index contributed by atoms with van der Waals surface area (Å²) in [5.74, 6) is 0.918. The number of nitrogens with zero attached hydrogens (tertiary/aromatic N) is 1. The molecule has 0 aliphatic rings. The van der Waals surface area contributed by atoms with Crippen molar-refractivity contribution in [3.05, 3.63) is 69.5 Å². The summed E-state index contributed by atoms with van der Waals surface area (Å²) in [6.45, 7) is 4.85. The monoisotopic (exact) mass is 408 g/mol. The van der Waals surface area contributed by atoms with Gasteiger partial charge < -0.3 is 19.4 Å². The molecule has 1 aromatic heterocycles.